The van der Waals surface area contributed by atoms with Gasteiger partial charge in [-0.25, -0.2) is 4.79 Å². The molecule has 0 unspecified atom stereocenters. The van der Waals surface area contributed by atoms with E-state index in [9.17, 15) is 9.59 Å². The number of hydrogen-bond donors (Lipinski definition) is 2. The molecule has 0 spiro atoms. The van der Waals surface area contributed by atoms with Crippen molar-refractivity contribution in [3.8, 4) is 5.75 Å². The van der Waals surface area contributed by atoms with Gasteiger partial charge in [0.25, 0.3) is 0 Å². The second-order valence-corrected chi connectivity index (χ2v) is 3.85. The van der Waals surface area contributed by atoms with Gasteiger partial charge in [-0.15, -0.1) is 0 Å². The lowest BCUT2D eigenvalue weighted by molar-refractivity contribution is -0.139. The van der Waals surface area contributed by atoms with E-state index in [0.29, 0.717) is 30.9 Å². The van der Waals surface area contributed by atoms with Crippen LogP contribution in [0.1, 0.15) is 12.8 Å². The molecule has 0 aromatic heterocycles. The van der Waals surface area contributed by atoms with Crippen molar-refractivity contribution in [2.24, 2.45) is 0 Å². The average molecular weight is 267 g/mol. The van der Waals surface area contributed by atoms with Crippen LogP contribution >= 0.6 is 0 Å². The molecular formula is C13H17NO5. The average Bonchev–Trinajstić information content (AvgIpc) is 2.37. The Balaban J connectivity index is 2.47. The summed E-state index contributed by atoms with van der Waals surface area (Å²) < 4.78 is 9.88. The van der Waals surface area contributed by atoms with Gasteiger partial charge in [0.05, 0.1) is 0 Å². The van der Waals surface area contributed by atoms with Crippen LogP contribution in [0.3, 0.4) is 0 Å². The number of rotatable bonds is 8. The van der Waals surface area contributed by atoms with Gasteiger partial charge in [0, 0.05) is 31.9 Å². The van der Waals surface area contributed by atoms with Gasteiger partial charge in [-0.2, -0.15) is 0 Å². The molecule has 2 N–H and O–H groups in total. The molecule has 0 aliphatic carbocycles. The van der Waals surface area contributed by atoms with Crippen LogP contribution in [0.25, 0.3) is 0 Å². The van der Waals surface area contributed by atoms with Crippen molar-refractivity contribution in [2.45, 2.75) is 12.8 Å². The minimum Gasteiger partial charge on any atom is -0.482 e. The summed E-state index contributed by atoms with van der Waals surface area (Å²) in [6, 6.07) is 6.60. The van der Waals surface area contributed by atoms with E-state index in [0.717, 1.165) is 0 Å². The molecule has 0 aliphatic heterocycles. The van der Waals surface area contributed by atoms with Crippen LogP contribution in [0.2, 0.25) is 0 Å². The highest BCUT2D eigenvalue weighted by atomic mass is 16.5. The Hall–Kier alpha value is -2.08. The van der Waals surface area contributed by atoms with E-state index in [1.54, 1.807) is 31.4 Å². The second kappa shape index (κ2) is 8.10. The smallest absolute Gasteiger partial charge is 0.341 e. The van der Waals surface area contributed by atoms with Crippen LogP contribution < -0.4 is 10.1 Å². The molecule has 0 fully saturated rings. The van der Waals surface area contributed by atoms with E-state index >= 15 is 0 Å². The third-order valence-corrected chi connectivity index (χ3v) is 2.23. The summed E-state index contributed by atoms with van der Waals surface area (Å²) in [5, 5.41) is 11.2. The summed E-state index contributed by atoms with van der Waals surface area (Å²) in [6.45, 7) is 0.125. The zero-order valence-corrected chi connectivity index (χ0v) is 10.7. The molecule has 0 heterocycles. The van der Waals surface area contributed by atoms with Gasteiger partial charge >= 0.3 is 5.97 Å². The molecule has 1 aromatic rings. The number of carbonyl (C=O) groups excluding carboxylic acids is 1. The minimum absolute atomic E-state index is 0.118. The summed E-state index contributed by atoms with van der Waals surface area (Å²) in [7, 11) is 1.58. The molecule has 0 radical (unpaired) electrons. The van der Waals surface area contributed by atoms with Gasteiger partial charge in [-0.05, 0) is 18.6 Å². The standard InChI is InChI=1S/C13H17NO5/c1-18-7-3-6-12(15)14-10-4-2-5-11(8-10)19-9-13(16)17/h2,4-5,8H,3,6-7,9H2,1H3,(H,14,15)(H,16,17). The number of nitrogens with one attached hydrogen (secondary N) is 1. The highest BCUT2D eigenvalue weighted by Crippen LogP contribution is 2.17. The van der Waals surface area contributed by atoms with Crippen LogP contribution in [0.15, 0.2) is 24.3 Å². The Morgan fingerprint density at radius 3 is 2.84 bits per heavy atom. The number of aliphatic carboxylic acids is 1. The number of amides is 1. The Labute approximate surface area is 111 Å². The first-order valence-electron chi connectivity index (χ1n) is 5.85. The summed E-state index contributed by atoms with van der Waals surface area (Å²) >= 11 is 0. The van der Waals surface area contributed by atoms with Gasteiger partial charge in [-0.1, -0.05) is 6.07 Å². The molecule has 0 bridgehead atoms. The van der Waals surface area contributed by atoms with E-state index in [1.165, 1.54) is 0 Å². The normalized spacial score (nSPS) is 9.95. The molecule has 0 saturated carbocycles. The van der Waals surface area contributed by atoms with E-state index in [4.69, 9.17) is 14.6 Å². The van der Waals surface area contributed by atoms with Crippen molar-refractivity contribution in [1.29, 1.82) is 0 Å². The van der Waals surface area contributed by atoms with Crippen LogP contribution in [0.4, 0.5) is 5.69 Å². The van der Waals surface area contributed by atoms with Gasteiger partial charge < -0.3 is 19.9 Å². The van der Waals surface area contributed by atoms with Crippen LogP contribution in [0.5, 0.6) is 5.75 Å². The SMILES string of the molecule is COCCCC(=O)Nc1cccc(OCC(=O)O)c1. The lowest BCUT2D eigenvalue weighted by atomic mass is 10.2. The summed E-state index contributed by atoms with van der Waals surface area (Å²) in [4.78, 5) is 21.9. The number of methoxy groups -OCH3 is 1. The number of anilines is 1. The number of ether oxygens (including phenoxy) is 2. The monoisotopic (exact) mass is 267 g/mol. The highest BCUT2D eigenvalue weighted by Gasteiger charge is 2.04. The molecule has 6 heteroatoms. The largest absolute Gasteiger partial charge is 0.482 e. The molecule has 1 rings (SSSR count). The number of hydrogen-bond acceptors (Lipinski definition) is 4. The summed E-state index contributed by atoms with van der Waals surface area (Å²) in [5.74, 6) is -0.765. The topological polar surface area (TPSA) is 84.9 Å². The van der Waals surface area contributed by atoms with Crippen molar-refractivity contribution < 1.29 is 24.2 Å². The minimum atomic E-state index is -1.05. The van der Waals surface area contributed by atoms with Crippen LogP contribution in [-0.4, -0.2) is 37.3 Å². The van der Waals surface area contributed by atoms with E-state index < -0.39 is 12.6 Å². The molecule has 6 nitrogen and oxygen atoms in total. The Morgan fingerprint density at radius 1 is 1.37 bits per heavy atom. The number of carboxylic acids is 1. The molecular weight excluding hydrogens is 250 g/mol. The maximum absolute atomic E-state index is 11.6. The summed E-state index contributed by atoms with van der Waals surface area (Å²) in [5.41, 5.74) is 0.574. The third-order valence-electron chi connectivity index (χ3n) is 2.23. The van der Waals surface area contributed by atoms with Crippen molar-refractivity contribution in [1.82, 2.24) is 0 Å². The van der Waals surface area contributed by atoms with Crippen molar-refractivity contribution >= 4 is 17.6 Å². The second-order valence-electron chi connectivity index (χ2n) is 3.85. The van der Waals surface area contributed by atoms with Crippen LogP contribution in [0, 0.1) is 0 Å². The number of carboxylic acid groups (broad SMARTS) is 1. The maximum Gasteiger partial charge on any atom is 0.341 e. The number of carbonyl (C=O) groups is 2. The van der Waals surface area contributed by atoms with Crippen molar-refractivity contribution in [3.63, 3.8) is 0 Å². The molecule has 0 aliphatic rings. The first-order chi connectivity index (χ1) is 9.11. The Bertz CT molecular complexity index is 433. The van der Waals surface area contributed by atoms with Gasteiger partial charge in [0.15, 0.2) is 6.61 Å². The maximum atomic E-state index is 11.6. The van der Waals surface area contributed by atoms with Crippen LogP contribution in [-0.2, 0) is 14.3 Å². The zero-order chi connectivity index (χ0) is 14.1. The first-order valence-corrected chi connectivity index (χ1v) is 5.85. The number of benzene rings is 1. The predicted molar refractivity (Wildman–Crippen MR) is 69.3 cm³/mol. The predicted octanol–water partition coefficient (Wildman–Crippen LogP) is 1.52. The fourth-order valence-corrected chi connectivity index (χ4v) is 1.41. The lowest BCUT2D eigenvalue weighted by Gasteiger charge is -2.07. The van der Waals surface area contributed by atoms with Crippen molar-refractivity contribution in [2.75, 3.05) is 25.6 Å². The van der Waals surface area contributed by atoms with E-state index in [1.807, 2.05) is 0 Å². The van der Waals surface area contributed by atoms with Gasteiger partial charge in [-0.3, -0.25) is 4.79 Å². The summed E-state index contributed by atoms with van der Waals surface area (Å²) in [6.07, 6.45) is 1.02. The van der Waals surface area contributed by atoms with E-state index in [-0.39, 0.29) is 5.91 Å². The Kier molecular flexibility index (Phi) is 6.38. The highest BCUT2D eigenvalue weighted by molar-refractivity contribution is 5.90. The molecule has 104 valence electrons. The zero-order valence-electron chi connectivity index (χ0n) is 10.7. The first kappa shape index (κ1) is 15.0. The fourth-order valence-electron chi connectivity index (χ4n) is 1.41. The fraction of sp³-hybridized carbons (Fsp3) is 0.385. The van der Waals surface area contributed by atoms with Crippen molar-refractivity contribution in [3.05, 3.63) is 24.3 Å². The lowest BCUT2D eigenvalue weighted by Crippen LogP contribution is -2.12. The third kappa shape index (κ3) is 6.42. The Morgan fingerprint density at radius 2 is 2.16 bits per heavy atom. The quantitative estimate of drug-likeness (QED) is 0.697. The molecule has 0 atom stereocenters. The molecule has 19 heavy (non-hydrogen) atoms. The molecule has 1 aromatic carbocycles. The van der Waals surface area contributed by atoms with Gasteiger partial charge in [0.2, 0.25) is 5.91 Å². The molecule has 1 amide bonds. The van der Waals surface area contributed by atoms with Gasteiger partial charge in [0.1, 0.15) is 5.75 Å². The molecule has 0 saturated heterocycles. The van der Waals surface area contributed by atoms with E-state index in [2.05, 4.69) is 5.32 Å².